The van der Waals surface area contributed by atoms with Gasteiger partial charge >= 0.3 is 13.2 Å². The van der Waals surface area contributed by atoms with Crippen molar-refractivity contribution < 1.29 is 18.8 Å². The molecular weight excluding hydrogens is 377 g/mol. The van der Waals surface area contributed by atoms with Crippen molar-refractivity contribution in [1.29, 1.82) is 0 Å². The summed E-state index contributed by atoms with van der Waals surface area (Å²) in [4.78, 5) is 12.4. The topological polar surface area (TPSA) is 56.8 Å². The van der Waals surface area contributed by atoms with Crippen LogP contribution in [0.5, 0.6) is 0 Å². The first-order valence-corrected chi connectivity index (χ1v) is 10.7. The number of hydrogen-bond donors (Lipinski definition) is 1. The highest BCUT2D eigenvalue weighted by Gasteiger charge is 2.51. The van der Waals surface area contributed by atoms with Crippen LogP contribution in [0.4, 0.5) is 4.79 Å². The lowest BCUT2D eigenvalue weighted by Crippen LogP contribution is -2.51. The van der Waals surface area contributed by atoms with E-state index in [1.165, 1.54) is 0 Å². The standard InChI is InChI=1S/C24H30BNO4/c1-22(2)23(3,4)30-25(29-22)20-13-11-19(12-14-20)24(15-8-16-24)26-21(27)28-17-18-9-6-5-7-10-18/h5-7,9-14H,8,15-17H2,1-4H3,(H,26,27). The van der Waals surface area contributed by atoms with Crippen molar-refractivity contribution in [3.63, 3.8) is 0 Å². The van der Waals surface area contributed by atoms with E-state index in [-0.39, 0.29) is 36.6 Å². The van der Waals surface area contributed by atoms with E-state index in [1.54, 1.807) is 0 Å². The Morgan fingerprint density at radius 2 is 1.57 bits per heavy atom. The minimum atomic E-state index is -0.384. The van der Waals surface area contributed by atoms with Crippen molar-refractivity contribution in [2.24, 2.45) is 0 Å². The molecule has 1 heterocycles. The van der Waals surface area contributed by atoms with Crippen molar-refractivity contribution >= 4 is 18.7 Å². The second-order valence-corrected chi connectivity index (χ2v) is 9.33. The molecular formula is C24H30BNO4. The third-order valence-corrected chi connectivity index (χ3v) is 6.75. The van der Waals surface area contributed by atoms with Crippen molar-refractivity contribution in [3.8, 4) is 0 Å². The molecule has 0 bridgehead atoms. The highest BCUT2D eigenvalue weighted by Crippen LogP contribution is 2.41. The first kappa shape index (κ1) is 20.9. The number of ether oxygens (including phenoxy) is 1. The van der Waals surface area contributed by atoms with Crippen LogP contribution < -0.4 is 10.8 Å². The van der Waals surface area contributed by atoms with Gasteiger partial charge < -0.3 is 19.4 Å². The fraction of sp³-hybridized carbons (Fsp3) is 0.458. The number of alkyl carbamates (subject to hydrolysis) is 1. The first-order chi connectivity index (χ1) is 14.2. The Labute approximate surface area is 179 Å². The fourth-order valence-electron chi connectivity index (χ4n) is 3.91. The number of rotatable bonds is 5. The molecule has 0 unspecified atom stereocenters. The lowest BCUT2D eigenvalue weighted by molar-refractivity contribution is 0.00578. The molecule has 1 N–H and O–H groups in total. The Morgan fingerprint density at radius 1 is 0.967 bits per heavy atom. The first-order valence-electron chi connectivity index (χ1n) is 10.7. The quantitative estimate of drug-likeness (QED) is 0.752. The van der Waals surface area contributed by atoms with Crippen LogP contribution >= 0.6 is 0 Å². The van der Waals surface area contributed by atoms with Gasteiger partial charge in [0.15, 0.2) is 0 Å². The lowest BCUT2D eigenvalue weighted by atomic mass is 9.70. The number of benzene rings is 2. The van der Waals surface area contributed by atoms with E-state index in [9.17, 15) is 4.79 Å². The summed E-state index contributed by atoms with van der Waals surface area (Å²) in [5.74, 6) is 0. The highest BCUT2D eigenvalue weighted by atomic mass is 16.7. The van der Waals surface area contributed by atoms with Crippen molar-refractivity contribution in [2.75, 3.05) is 0 Å². The molecule has 158 valence electrons. The smallest absolute Gasteiger partial charge is 0.445 e. The number of carbonyl (C=O) groups excluding carboxylic acids is 1. The van der Waals surface area contributed by atoms with Crippen LogP contribution in [0.25, 0.3) is 0 Å². The van der Waals surface area contributed by atoms with E-state index >= 15 is 0 Å². The van der Waals surface area contributed by atoms with Gasteiger partial charge in [-0.15, -0.1) is 0 Å². The molecule has 4 rings (SSSR count). The van der Waals surface area contributed by atoms with Crippen molar-refractivity contribution in [2.45, 2.75) is 70.3 Å². The molecule has 2 aliphatic rings. The SMILES string of the molecule is CC1(C)OB(c2ccc(C3(NC(=O)OCc4ccccc4)CCC3)cc2)OC1(C)C. The highest BCUT2D eigenvalue weighted by molar-refractivity contribution is 6.62. The van der Waals surface area contributed by atoms with E-state index in [1.807, 2.05) is 42.5 Å². The zero-order valence-electron chi connectivity index (χ0n) is 18.2. The maximum atomic E-state index is 12.4. The lowest BCUT2D eigenvalue weighted by Gasteiger charge is -2.42. The van der Waals surface area contributed by atoms with Gasteiger partial charge in [0.1, 0.15) is 6.61 Å². The molecule has 1 saturated carbocycles. The second kappa shape index (κ2) is 7.75. The van der Waals surface area contributed by atoms with Gasteiger partial charge in [0.05, 0.1) is 16.7 Å². The van der Waals surface area contributed by atoms with Gasteiger partial charge in [-0.25, -0.2) is 4.79 Å². The maximum Gasteiger partial charge on any atom is 0.494 e. The van der Waals surface area contributed by atoms with Gasteiger partial charge in [-0.05, 0) is 63.5 Å². The summed E-state index contributed by atoms with van der Waals surface area (Å²) < 4.78 is 17.7. The number of amides is 1. The Kier molecular flexibility index (Phi) is 5.41. The maximum absolute atomic E-state index is 12.4. The van der Waals surface area contributed by atoms with Gasteiger partial charge in [0, 0.05) is 0 Å². The molecule has 1 amide bonds. The summed E-state index contributed by atoms with van der Waals surface area (Å²) in [7, 11) is -0.384. The molecule has 0 atom stereocenters. The molecule has 5 nitrogen and oxygen atoms in total. The second-order valence-electron chi connectivity index (χ2n) is 9.33. The molecule has 6 heteroatoms. The van der Waals surface area contributed by atoms with Crippen LogP contribution in [-0.2, 0) is 26.2 Å². The van der Waals surface area contributed by atoms with Gasteiger partial charge in [-0.2, -0.15) is 0 Å². The van der Waals surface area contributed by atoms with E-state index < -0.39 is 0 Å². The summed E-state index contributed by atoms with van der Waals surface area (Å²) >= 11 is 0. The van der Waals surface area contributed by atoms with Gasteiger partial charge in [-0.3, -0.25) is 0 Å². The molecule has 0 spiro atoms. The zero-order chi connectivity index (χ0) is 21.4. The molecule has 2 fully saturated rings. The van der Waals surface area contributed by atoms with Crippen LogP contribution in [0.1, 0.15) is 58.1 Å². The number of hydrogen-bond acceptors (Lipinski definition) is 4. The molecule has 0 aromatic heterocycles. The van der Waals surface area contributed by atoms with E-state index in [0.717, 1.165) is 35.9 Å². The van der Waals surface area contributed by atoms with Crippen molar-refractivity contribution in [1.82, 2.24) is 5.32 Å². The Morgan fingerprint density at radius 3 is 2.10 bits per heavy atom. The van der Waals surface area contributed by atoms with Crippen molar-refractivity contribution in [3.05, 3.63) is 65.7 Å². The summed E-state index contributed by atoms with van der Waals surface area (Å²) in [6, 6.07) is 17.9. The average molecular weight is 407 g/mol. The van der Waals surface area contributed by atoms with Crippen LogP contribution in [0.15, 0.2) is 54.6 Å². The molecule has 0 radical (unpaired) electrons. The van der Waals surface area contributed by atoms with E-state index in [2.05, 4.69) is 45.1 Å². The van der Waals surface area contributed by atoms with Gasteiger partial charge in [0.2, 0.25) is 0 Å². The van der Waals surface area contributed by atoms with Crippen LogP contribution in [-0.4, -0.2) is 24.4 Å². The fourth-order valence-corrected chi connectivity index (χ4v) is 3.91. The normalized spacial score (nSPS) is 21.0. The molecule has 30 heavy (non-hydrogen) atoms. The third-order valence-electron chi connectivity index (χ3n) is 6.75. The van der Waals surface area contributed by atoms with E-state index in [4.69, 9.17) is 14.0 Å². The molecule has 2 aromatic carbocycles. The summed E-state index contributed by atoms with van der Waals surface area (Å²) in [6.45, 7) is 8.47. The summed E-state index contributed by atoms with van der Waals surface area (Å²) in [5, 5.41) is 3.11. The molecule has 1 aliphatic carbocycles. The van der Waals surface area contributed by atoms with Crippen LogP contribution in [0.2, 0.25) is 0 Å². The molecule has 1 saturated heterocycles. The van der Waals surface area contributed by atoms with Gasteiger partial charge in [0.25, 0.3) is 0 Å². The summed E-state index contributed by atoms with van der Waals surface area (Å²) in [5.41, 5.74) is 1.96. The summed E-state index contributed by atoms with van der Waals surface area (Å²) in [6.07, 6.45) is 2.51. The molecule has 1 aliphatic heterocycles. The number of nitrogens with one attached hydrogen (secondary N) is 1. The monoisotopic (exact) mass is 407 g/mol. The zero-order valence-corrected chi connectivity index (χ0v) is 18.2. The minimum Gasteiger partial charge on any atom is -0.445 e. The average Bonchev–Trinajstić information content (AvgIpc) is 2.91. The minimum absolute atomic E-state index is 0.267. The Bertz CT molecular complexity index is 875. The van der Waals surface area contributed by atoms with Crippen LogP contribution in [0.3, 0.4) is 0 Å². The Balaban J connectivity index is 1.41. The molecule has 2 aromatic rings. The Hall–Kier alpha value is -2.31. The third kappa shape index (κ3) is 3.99. The van der Waals surface area contributed by atoms with Crippen LogP contribution in [0, 0.1) is 0 Å². The number of carbonyl (C=O) groups is 1. The predicted molar refractivity (Wildman–Crippen MR) is 117 cm³/mol. The van der Waals surface area contributed by atoms with Gasteiger partial charge in [-0.1, -0.05) is 54.6 Å². The largest absolute Gasteiger partial charge is 0.494 e. The predicted octanol–water partition coefficient (Wildman–Crippen LogP) is 4.29. The van der Waals surface area contributed by atoms with E-state index in [0.29, 0.717) is 0 Å².